The van der Waals surface area contributed by atoms with E-state index < -0.39 is 4.92 Å². The molecule has 7 heteroatoms. The van der Waals surface area contributed by atoms with Crippen molar-refractivity contribution in [2.24, 2.45) is 0 Å². The summed E-state index contributed by atoms with van der Waals surface area (Å²) >= 11 is 0. The minimum atomic E-state index is -0.582. The maximum Gasteiger partial charge on any atom is 0.271 e. The summed E-state index contributed by atoms with van der Waals surface area (Å²) in [6, 6.07) is 12.1. The summed E-state index contributed by atoms with van der Waals surface area (Å²) in [6.45, 7) is 0. The Hall–Kier alpha value is -3.40. The van der Waals surface area contributed by atoms with E-state index in [9.17, 15) is 14.9 Å². The van der Waals surface area contributed by atoms with Gasteiger partial charge in [-0.2, -0.15) is 5.26 Å². The van der Waals surface area contributed by atoms with Crippen LogP contribution in [-0.2, 0) is 0 Å². The number of ether oxygens (including phenoxy) is 1. The molecule has 0 aromatic heterocycles. The summed E-state index contributed by atoms with van der Waals surface area (Å²) in [7, 11) is 3.28. The van der Waals surface area contributed by atoms with Gasteiger partial charge >= 0.3 is 0 Å². The first-order valence-electron chi connectivity index (χ1n) is 6.60. The van der Waals surface area contributed by atoms with Gasteiger partial charge in [0.05, 0.1) is 4.92 Å². The first kappa shape index (κ1) is 16.0. The van der Waals surface area contributed by atoms with Gasteiger partial charge in [0.25, 0.3) is 11.6 Å². The van der Waals surface area contributed by atoms with E-state index in [1.165, 1.54) is 17.0 Å². The van der Waals surface area contributed by atoms with Crippen LogP contribution in [0.4, 0.5) is 5.69 Å². The van der Waals surface area contributed by atoms with Crippen LogP contribution in [-0.4, -0.2) is 29.8 Å². The van der Waals surface area contributed by atoms with Crippen LogP contribution >= 0.6 is 0 Å². The van der Waals surface area contributed by atoms with Crippen molar-refractivity contribution in [3.63, 3.8) is 0 Å². The molecule has 0 spiro atoms. The van der Waals surface area contributed by atoms with Gasteiger partial charge in [-0.05, 0) is 24.3 Å². The fourth-order valence-corrected chi connectivity index (χ4v) is 1.89. The number of non-ortho nitro benzene ring substituents is 1. The predicted octanol–water partition coefficient (Wildman–Crippen LogP) is 2.96. The topological polar surface area (TPSA) is 96.5 Å². The predicted molar refractivity (Wildman–Crippen MR) is 82.3 cm³/mol. The first-order valence-corrected chi connectivity index (χ1v) is 6.60. The molecule has 0 heterocycles. The van der Waals surface area contributed by atoms with E-state index in [-0.39, 0.29) is 22.9 Å². The number of nitro groups is 1. The van der Waals surface area contributed by atoms with Crippen LogP contribution in [0.5, 0.6) is 11.5 Å². The Balaban J connectivity index is 2.33. The standard InChI is InChI=1S/C16H13N3O4/c1-18(2)16(20)11-4-3-5-14(9-11)23-15-7-6-13(19(21)22)8-12(15)10-17/h3-9H,1-2H3. The zero-order valence-corrected chi connectivity index (χ0v) is 12.5. The van der Waals surface area contributed by atoms with Gasteiger partial charge in [0.1, 0.15) is 23.1 Å². The number of benzene rings is 2. The van der Waals surface area contributed by atoms with Crippen molar-refractivity contribution in [2.75, 3.05) is 14.1 Å². The first-order chi connectivity index (χ1) is 10.9. The molecule has 2 rings (SSSR count). The van der Waals surface area contributed by atoms with Crippen LogP contribution < -0.4 is 4.74 Å². The molecule has 0 aliphatic heterocycles. The highest BCUT2D eigenvalue weighted by atomic mass is 16.6. The zero-order valence-electron chi connectivity index (χ0n) is 12.5. The van der Waals surface area contributed by atoms with E-state index in [0.717, 1.165) is 6.07 Å². The molecule has 0 fully saturated rings. The number of nitro benzene ring substituents is 1. The van der Waals surface area contributed by atoms with Crippen LogP contribution in [0.25, 0.3) is 0 Å². The lowest BCUT2D eigenvalue weighted by molar-refractivity contribution is -0.384. The quantitative estimate of drug-likeness (QED) is 0.638. The molecule has 7 nitrogen and oxygen atoms in total. The summed E-state index contributed by atoms with van der Waals surface area (Å²) in [5.74, 6) is 0.371. The average molecular weight is 311 g/mol. The van der Waals surface area contributed by atoms with Gasteiger partial charge in [-0.1, -0.05) is 6.07 Å². The molecule has 0 aliphatic carbocycles. The smallest absolute Gasteiger partial charge is 0.271 e. The van der Waals surface area contributed by atoms with E-state index in [4.69, 9.17) is 10.00 Å². The van der Waals surface area contributed by atoms with Crippen molar-refractivity contribution in [2.45, 2.75) is 0 Å². The summed E-state index contributed by atoms with van der Waals surface area (Å²) in [4.78, 5) is 23.5. The van der Waals surface area contributed by atoms with Gasteiger partial charge in [0.15, 0.2) is 0 Å². The van der Waals surface area contributed by atoms with Crippen LogP contribution in [0.15, 0.2) is 42.5 Å². The van der Waals surface area contributed by atoms with E-state index in [1.807, 2.05) is 6.07 Å². The number of carbonyl (C=O) groups is 1. The highest BCUT2D eigenvalue weighted by molar-refractivity contribution is 5.94. The van der Waals surface area contributed by atoms with E-state index in [1.54, 1.807) is 38.4 Å². The second-order valence-corrected chi connectivity index (χ2v) is 4.88. The monoisotopic (exact) mass is 311 g/mol. The third kappa shape index (κ3) is 3.63. The molecule has 2 aromatic carbocycles. The fourth-order valence-electron chi connectivity index (χ4n) is 1.89. The Labute approximate surface area is 132 Å². The van der Waals surface area contributed by atoms with Crippen LogP contribution in [0.1, 0.15) is 15.9 Å². The lowest BCUT2D eigenvalue weighted by atomic mass is 10.1. The van der Waals surface area contributed by atoms with Crippen LogP contribution in [0, 0.1) is 21.4 Å². The highest BCUT2D eigenvalue weighted by Gasteiger charge is 2.13. The van der Waals surface area contributed by atoms with Crippen molar-refractivity contribution >= 4 is 11.6 Å². The summed E-state index contributed by atoms with van der Waals surface area (Å²) in [5, 5.41) is 19.8. The number of nitriles is 1. The maximum absolute atomic E-state index is 11.9. The van der Waals surface area contributed by atoms with Gasteiger partial charge in [0.2, 0.25) is 0 Å². The SMILES string of the molecule is CN(C)C(=O)c1cccc(Oc2ccc([N+](=O)[O-])cc2C#N)c1. The van der Waals surface area contributed by atoms with Crippen LogP contribution in [0.2, 0.25) is 0 Å². The van der Waals surface area contributed by atoms with Gasteiger partial charge < -0.3 is 9.64 Å². The van der Waals surface area contributed by atoms with Crippen LogP contribution in [0.3, 0.4) is 0 Å². The molecule has 0 radical (unpaired) electrons. The van der Waals surface area contributed by atoms with Crippen molar-refractivity contribution < 1.29 is 14.5 Å². The Bertz CT molecular complexity index is 809. The van der Waals surface area contributed by atoms with Crippen molar-refractivity contribution in [3.8, 4) is 17.6 Å². The molecule has 1 amide bonds. The van der Waals surface area contributed by atoms with E-state index in [0.29, 0.717) is 11.3 Å². The largest absolute Gasteiger partial charge is 0.456 e. The normalized spacial score (nSPS) is 9.78. The lowest BCUT2D eigenvalue weighted by Gasteiger charge is -2.12. The molecular weight excluding hydrogens is 298 g/mol. The van der Waals surface area contributed by atoms with Gasteiger partial charge in [-0.3, -0.25) is 14.9 Å². The van der Waals surface area contributed by atoms with Crippen molar-refractivity contribution in [1.29, 1.82) is 5.26 Å². The molecule has 116 valence electrons. The number of nitrogens with zero attached hydrogens (tertiary/aromatic N) is 3. The number of hydrogen-bond donors (Lipinski definition) is 0. The Kier molecular flexibility index (Phi) is 4.57. The highest BCUT2D eigenvalue weighted by Crippen LogP contribution is 2.28. The number of carbonyl (C=O) groups excluding carboxylic acids is 1. The molecule has 0 saturated carbocycles. The minimum Gasteiger partial charge on any atom is -0.456 e. The van der Waals surface area contributed by atoms with E-state index in [2.05, 4.69) is 0 Å². The van der Waals surface area contributed by atoms with E-state index >= 15 is 0 Å². The number of hydrogen-bond acceptors (Lipinski definition) is 5. The number of amides is 1. The minimum absolute atomic E-state index is 0.0449. The summed E-state index contributed by atoms with van der Waals surface area (Å²) in [5.41, 5.74) is 0.293. The zero-order chi connectivity index (χ0) is 17.0. The summed E-state index contributed by atoms with van der Waals surface area (Å²) in [6.07, 6.45) is 0. The van der Waals surface area contributed by atoms with Gasteiger partial charge in [0, 0.05) is 31.8 Å². The second-order valence-electron chi connectivity index (χ2n) is 4.88. The van der Waals surface area contributed by atoms with Gasteiger partial charge in [-0.15, -0.1) is 0 Å². The molecule has 0 N–H and O–H groups in total. The fraction of sp³-hybridized carbons (Fsp3) is 0.125. The molecule has 0 aliphatic rings. The van der Waals surface area contributed by atoms with Crippen molar-refractivity contribution in [3.05, 3.63) is 63.7 Å². The molecule has 0 unspecified atom stereocenters. The molecular formula is C16H13N3O4. The molecule has 0 atom stereocenters. The average Bonchev–Trinajstić information content (AvgIpc) is 2.54. The third-order valence-electron chi connectivity index (χ3n) is 3.01. The van der Waals surface area contributed by atoms with Crippen molar-refractivity contribution in [1.82, 2.24) is 4.90 Å². The number of rotatable bonds is 4. The summed E-state index contributed by atoms with van der Waals surface area (Å²) < 4.78 is 5.59. The molecule has 0 saturated heterocycles. The third-order valence-corrected chi connectivity index (χ3v) is 3.01. The Morgan fingerprint density at radius 3 is 2.61 bits per heavy atom. The lowest BCUT2D eigenvalue weighted by Crippen LogP contribution is -2.21. The Morgan fingerprint density at radius 2 is 2.00 bits per heavy atom. The second kappa shape index (κ2) is 6.58. The molecule has 2 aromatic rings. The molecule has 23 heavy (non-hydrogen) atoms. The molecule has 0 bridgehead atoms. The van der Waals surface area contributed by atoms with Gasteiger partial charge in [-0.25, -0.2) is 0 Å². The maximum atomic E-state index is 11.9. The Morgan fingerprint density at radius 1 is 1.26 bits per heavy atom.